The second kappa shape index (κ2) is 4.16. The summed E-state index contributed by atoms with van der Waals surface area (Å²) in [5.41, 5.74) is 2.40. The largest absolute Gasteiger partial charge is 0.378 e. The van der Waals surface area contributed by atoms with Crippen molar-refractivity contribution in [1.82, 2.24) is 4.98 Å². The molecule has 0 bridgehead atoms. The van der Waals surface area contributed by atoms with Crippen molar-refractivity contribution in [3.63, 3.8) is 0 Å². The normalized spacial score (nSPS) is 16.9. The Hall–Kier alpha value is -0.910. The molecule has 2 aromatic rings. The maximum Gasteiger partial charge on any atom is 0.159 e. The number of anilines is 1. The van der Waals surface area contributed by atoms with E-state index in [0.717, 1.165) is 35.8 Å². The van der Waals surface area contributed by atoms with Gasteiger partial charge in [-0.15, -0.1) is 11.3 Å². The average Bonchev–Trinajstić information content (AvgIpc) is 2.69. The lowest BCUT2D eigenvalue weighted by atomic mass is 10.2. The van der Waals surface area contributed by atoms with E-state index >= 15 is 0 Å². The number of H-pyrrole nitrogens is 1. The van der Waals surface area contributed by atoms with Crippen molar-refractivity contribution in [2.24, 2.45) is 0 Å². The van der Waals surface area contributed by atoms with Crippen LogP contribution in [0.3, 0.4) is 0 Å². The lowest BCUT2D eigenvalue weighted by molar-refractivity contribution is 0.122. The number of morpholine rings is 1. The van der Waals surface area contributed by atoms with Crippen LogP contribution < -0.4 is 4.90 Å². The Balaban J connectivity index is 2.00. The van der Waals surface area contributed by atoms with Crippen LogP contribution in [0.25, 0.3) is 10.2 Å². The molecular weight excluding hydrogens is 240 g/mol. The fourth-order valence-electron chi connectivity index (χ4n) is 1.95. The first-order chi connectivity index (χ1) is 7.83. The third-order valence-electron chi connectivity index (χ3n) is 2.78. The number of ether oxygens (including phenoxy) is 1. The van der Waals surface area contributed by atoms with Crippen molar-refractivity contribution < 1.29 is 4.74 Å². The predicted molar refractivity (Wildman–Crippen MR) is 70.0 cm³/mol. The van der Waals surface area contributed by atoms with Gasteiger partial charge in [0.15, 0.2) is 3.95 Å². The highest BCUT2D eigenvalue weighted by molar-refractivity contribution is 7.73. The number of aromatic nitrogens is 1. The Morgan fingerprint density at radius 1 is 1.31 bits per heavy atom. The van der Waals surface area contributed by atoms with Crippen molar-refractivity contribution in [1.29, 1.82) is 0 Å². The third-order valence-corrected chi connectivity index (χ3v) is 3.98. The first-order valence-corrected chi connectivity index (χ1v) is 6.51. The number of thiazole rings is 1. The molecule has 3 rings (SSSR count). The topological polar surface area (TPSA) is 28.3 Å². The van der Waals surface area contributed by atoms with Crippen molar-refractivity contribution in [2.45, 2.75) is 0 Å². The van der Waals surface area contributed by atoms with Gasteiger partial charge in [0.25, 0.3) is 0 Å². The highest BCUT2D eigenvalue weighted by atomic mass is 32.1. The molecule has 0 spiro atoms. The quantitative estimate of drug-likeness (QED) is 0.791. The van der Waals surface area contributed by atoms with Gasteiger partial charge < -0.3 is 14.6 Å². The molecule has 0 radical (unpaired) electrons. The van der Waals surface area contributed by atoms with Crippen LogP contribution in [0.15, 0.2) is 18.2 Å². The molecule has 0 unspecified atom stereocenters. The maximum absolute atomic E-state index is 5.35. The monoisotopic (exact) mass is 252 g/mol. The van der Waals surface area contributed by atoms with E-state index in [1.165, 1.54) is 10.4 Å². The van der Waals surface area contributed by atoms with E-state index in [1.807, 2.05) is 0 Å². The van der Waals surface area contributed by atoms with Gasteiger partial charge in [-0.05, 0) is 30.4 Å². The number of benzene rings is 1. The van der Waals surface area contributed by atoms with E-state index in [2.05, 4.69) is 28.1 Å². The molecule has 1 fully saturated rings. The third kappa shape index (κ3) is 1.86. The average molecular weight is 252 g/mol. The second-order valence-electron chi connectivity index (χ2n) is 3.79. The van der Waals surface area contributed by atoms with E-state index in [4.69, 9.17) is 17.0 Å². The molecular formula is C11H12N2OS2. The molecule has 0 saturated carbocycles. The summed E-state index contributed by atoms with van der Waals surface area (Å²) in [5.74, 6) is 0. The molecule has 0 amide bonds. The SMILES string of the molecule is S=c1[nH]c2ccc(N3CCOCC3)cc2s1. The first kappa shape index (κ1) is 10.3. The molecule has 1 aliphatic heterocycles. The van der Waals surface area contributed by atoms with Crippen LogP contribution >= 0.6 is 23.6 Å². The van der Waals surface area contributed by atoms with Gasteiger partial charge in [0.1, 0.15) is 0 Å². The number of nitrogens with one attached hydrogen (secondary N) is 1. The summed E-state index contributed by atoms with van der Waals surface area (Å²) < 4.78 is 7.42. The Morgan fingerprint density at radius 3 is 2.94 bits per heavy atom. The summed E-state index contributed by atoms with van der Waals surface area (Å²) in [4.78, 5) is 5.53. The van der Waals surface area contributed by atoms with Crippen LogP contribution in [0.4, 0.5) is 5.69 Å². The van der Waals surface area contributed by atoms with Gasteiger partial charge in [-0.2, -0.15) is 0 Å². The van der Waals surface area contributed by atoms with E-state index in [0.29, 0.717) is 0 Å². The summed E-state index contributed by atoms with van der Waals surface area (Å²) in [6.07, 6.45) is 0. The van der Waals surface area contributed by atoms with Crippen LogP contribution in [0.2, 0.25) is 0 Å². The van der Waals surface area contributed by atoms with Gasteiger partial charge in [0.05, 0.1) is 23.4 Å². The first-order valence-electron chi connectivity index (χ1n) is 5.28. The van der Waals surface area contributed by atoms with E-state index in [1.54, 1.807) is 11.3 Å². The minimum absolute atomic E-state index is 0.820. The summed E-state index contributed by atoms with van der Waals surface area (Å²) in [6.45, 7) is 3.59. The van der Waals surface area contributed by atoms with Crippen molar-refractivity contribution >= 4 is 39.5 Å². The second-order valence-corrected chi connectivity index (χ2v) is 5.51. The lowest BCUT2D eigenvalue weighted by Gasteiger charge is -2.28. The van der Waals surface area contributed by atoms with Gasteiger partial charge >= 0.3 is 0 Å². The van der Waals surface area contributed by atoms with Crippen LogP contribution in [0.5, 0.6) is 0 Å². The number of aromatic amines is 1. The number of fused-ring (bicyclic) bond motifs is 1. The molecule has 1 aromatic carbocycles. The molecule has 1 aliphatic rings. The van der Waals surface area contributed by atoms with Gasteiger partial charge in [-0.3, -0.25) is 0 Å². The van der Waals surface area contributed by atoms with Crippen LogP contribution in [0.1, 0.15) is 0 Å². The zero-order chi connectivity index (χ0) is 11.0. The Kier molecular flexibility index (Phi) is 2.67. The molecule has 1 saturated heterocycles. The maximum atomic E-state index is 5.35. The highest BCUT2D eigenvalue weighted by Crippen LogP contribution is 2.25. The predicted octanol–water partition coefficient (Wildman–Crippen LogP) is 2.80. The summed E-state index contributed by atoms with van der Waals surface area (Å²) in [6, 6.07) is 6.45. The number of hydrogen-bond acceptors (Lipinski definition) is 4. The van der Waals surface area contributed by atoms with E-state index in [-0.39, 0.29) is 0 Å². The zero-order valence-electron chi connectivity index (χ0n) is 8.73. The molecule has 1 aromatic heterocycles. The Morgan fingerprint density at radius 2 is 2.12 bits per heavy atom. The van der Waals surface area contributed by atoms with Crippen molar-refractivity contribution in [3.8, 4) is 0 Å². The lowest BCUT2D eigenvalue weighted by Crippen LogP contribution is -2.36. The van der Waals surface area contributed by atoms with Crippen LogP contribution in [0, 0.1) is 3.95 Å². The highest BCUT2D eigenvalue weighted by Gasteiger charge is 2.11. The zero-order valence-corrected chi connectivity index (χ0v) is 10.4. The number of nitrogens with zero attached hydrogens (tertiary/aromatic N) is 1. The van der Waals surface area contributed by atoms with Gasteiger partial charge in [-0.1, -0.05) is 0 Å². The number of rotatable bonds is 1. The fourth-order valence-corrected chi connectivity index (χ4v) is 3.10. The number of hydrogen-bond donors (Lipinski definition) is 1. The van der Waals surface area contributed by atoms with E-state index < -0.39 is 0 Å². The standard InChI is InChI=1S/C11H12N2OS2/c15-11-12-9-2-1-8(7-10(9)16-11)13-3-5-14-6-4-13/h1-2,7H,3-6H2,(H,12,15). The molecule has 0 atom stereocenters. The van der Waals surface area contributed by atoms with Gasteiger partial charge in [0, 0.05) is 18.8 Å². The Bertz CT molecular complexity index is 554. The molecule has 3 nitrogen and oxygen atoms in total. The molecule has 0 aliphatic carbocycles. The van der Waals surface area contributed by atoms with Gasteiger partial charge in [-0.25, -0.2) is 0 Å². The Labute approximate surface area is 103 Å². The molecule has 5 heteroatoms. The van der Waals surface area contributed by atoms with Gasteiger partial charge in [0.2, 0.25) is 0 Å². The van der Waals surface area contributed by atoms with Crippen molar-refractivity contribution in [2.75, 3.05) is 31.2 Å². The summed E-state index contributed by atoms with van der Waals surface area (Å²) in [5, 5.41) is 0. The smallest absolute Gasteiger partial charge is 0.159 e. The van der Waals surface area contributed by atoms with Crippen LogP contribution in [-0.4, -0.2) is 31.3 Å². The fraction of sp³-hybridized carbons (Fsp3) is 0.364. The molecule has 16 heavy (non-hydrogen) atoms. The summed E-state index contributed by atoms with van der Waals surface area (Å²) >= 11 is 6.77. The molecule has 2 heterocycles. The minimum atomic E-state index is 0.820. The van der Waals surface area contributed by atoms with Crippen molar-refractivity contribution in [3.05, 3.63) is 22.2 Å². The van der Waals surface area contributed by atoms with E-state index in [9.17, 15) is 0 Å². The van der Waals surface area contributed by atoms with Crippen LogP contribution in [-0.2, 0) is 4.74 Å². The minimum Gasteiger partial charge on any atom is -0.378 e. The summed E-state index contributed by atoms with van der Waals surface area (Å²) in [7, 11) is 0. The molecule has 1 N–H and O–H groups in total. The molecule has 84 valence electrons.